The number of halogens is 1. The van der Waals surface area contributed by atoms with Crippen LogP contribution in [-0.4, -0.2) is 33.0 Å². The van der Waals surface area contributed by atoms with Gasteiger partial charge in [0.1, 0.15) is 17.3 Å². The number of carbonyl (C=O) groups excluding carboxylic acids is 2. The Hall–Kier alpha value is -3.94. The Morgan fingerprint density at radius 2 is 1.94 bits per heavy atom. The molecule has 3 heterocycles. The van der Waals surface area contributed by atoms with Gasteiger partial charge < -0.3 is 14.6 Å². The van der Waals surface area contributed by atoms with Gasteiger partial charge in [-0.1, -0.05) is 30.3 Å². The molecule has 0 saturated heterocycles. The predicted octanol–water partition coefficient (Wildman–Crippen LogP) is 3.68. The average molecular weight is 418 g/mol. The van der Waals surface area contributed by atoms with Crippen molar-refractivity contribution in [3.63, 3.8) is 0 Å². The Bertz CT molecular complexity index is 1280. The van der Waals surface area contributed by atoms with E-state index in [1.54, 1.807) is 47.1 Å². The van der Waals surface area contributed by atoms with Crippen LogP contribution in [0, 0.1) is 5.82 Å². The topological polar surface area (TPSA) is 80.4 Å². The number of benzene rings is 2. The second-order valence-corrected chi connectivity index (χ2v) is 7.57. The highest BCUT2D eigenvalue weighted by molar-refractivity contribution is 5.99. The molecular formula is C23H19FN4O3. The first-order valence-electron chi connectivity index (χ1n) is 9.85. The van der Waals surface area contributed by atoms with Crippen molar-refractivity contribution in [1.29, 1.82) is 0 Å². The molecule has 1 aliphatic heterocycles. The lowest BCUT2D eigenvalue weighted by Gasteiger charge is -2.30. The minimum atomic E-state index is -0.738. The van der Waals surface area contributed by atoms with E-state index in [0.29, 0.717) is 17.8 Å². The lowest BCUT2D eigenvalue weighted by Crippen LogP contribution is -2.42. The smallest absolute Gasteiger partial charge is 0.289 e. The summed E-state index contributed by atoms with van der Waals surface area (Å²) in [6.07, 6.45) is 1.79. The van der Waals surface area contributed by atoms with E-state index in [1.807, 2.05) is 18.2 Å². The molecule has 0 bridgehead atoms. The number of nitrogens with zero attached hydrogens (tertiary/aromatic N) is 3. The number of hydrogen-bond acceptors (Lipinski definition) is 4. The zero-order valence-electron chi connectivity index (χ0n) is 16.7. The maximum Gasteiger partial charge on any atom is 0.289 e. The molecule has 0 fully saturated rings. The highest BCUT2D eigenvalue weighted by Crippen LogP contribution is 2.30. The standard InChI is InChI=1S/C23H19FN4O3/c1-27-11-15-12-28(23(30)20-10-14-6-2-5-9-19(14)31-20)13-16(21(15)26-27)22(29)25-18-8-4-3-7-17(18)24/h2-11,16H,12-13H2,1H3,(H,25,29)/t16-/m1/s1. The fraction of sp³-hybridized carbons (Fsp3) is 0.174. The van der Waals surface area contributed by atoms with Crippen LogP contribution in [0.3, 0.4) is 0 Å². The third-order valence-electron chi connectivity index (χ3n) is 5.40. The fourth-order valence-electron chi connectivity index (χ4n) is 3.93. The van der Waals surface area contributed by atoms with Crippen molar-refractivity contribution in [2.24, 2.45) is 7.05 Å². The zero-order chi connectivity index (χ0) is 21.5. The summed E-state index contributed by atoms with van der Waals surface area (Å²) in [5.74, 6) is -1.79. The van der Waals surface area contributed by atoms with Crippen molar-refractivity contribution >= 4 is 28.5 Å². The zero-order valence-corrected chi connectivity index (χ0v) is 16.7. The molecule has 0 saturated carbocycles. The predicted molar refractivity (Wildman–Crippen MR) is 112 cm³/mol. The normalized spacial score (nSPS) is 15.7. The maximum atomic E-state index is 14.0. The van der Waals surface area contributed by atoms with Crippen molar-refractivity contribution in [3.05, 3.63) is 83.6 Å². The highest BCUT2D eigenvalue weighted by Gasteiger charge is 2.36. The molecule has 0 unspecified atom stereocenters. The summed E-state index contributed by atoms with van der Waals surface area (Å²) in [5, 5.41) is 7.88. The number of aryl methyl sites for hydroxylation is 1. The van der Waals surface area contributed by atoms with Crippen LogP contribution >= 0.6 is 0 Å². The summed E-state index contributed by atoms with van der Waals surface area (Å²) >= 11 is 0. The Balaban J connectivity index is 1.45. The van der Waals surface area contributed by atoms with Crippen molar-refractivity contribution < 1.29 is 18.4 Å². The molecule has 2 aromatic carbocycles. The van der Waals surface area contributed by atoms with Crippen molar-refractivity contribution in [1.82, 2.24) is 14.7 Å². The van der Waals surface area contributed by atoms with Crippen molar-refractivity contribution in [2.45, 2.75) is 12.5 Å². The number of rotatable bonds is 3. The molecule has 156 valence electrons. The van der Waals surface area contributed by atoms with Crippen molar-refractivity contribution in [3.8, 4) is 0 Å². The molecule has 5 rings (SSSR count). The summed E-state index contributed by atoms with van der Waals surface area (Å²) in [4.78, 5) is 27.8. The first-order chi connectivity index (χ1) is 15.0. The van der Waals surface area contributed by atoms with Gasteiger partial charge in [0.05, 0.1) is 11.4 Å². The Kier molecular flexibility index (Phi) is 4.54. The van der Waals surface area contributed by atoms with Crippen LogP contribution in [-0.2, 0) is 18.4 Å². The number of para-hydroxylation sites is 2. The molecule has 4 aromatic rings. The molecule has 7 nitrogen and oxygen atoms in total. The minimum Gasteiger partial charge on any atom is -0.451 e. The number of anilines is 1. The van der Waals surface area contributed by atoms with Gasteiger partial charge in [0.15, 0.2) is 5.76 Å². The Morgan fingerprint density at radius 3 is 2.74 bits per heavy atom. The van der Waals surface area contributed by atoms with Gasteiger partial charge in [-0.05, 0) is 24.3 Å². The van der Waals surface area contributed by atoms with E-state index < -0.39 is 17.6 Å². The second kappa shape index (κ2) is 7.39. The number of amides is 2. The number of furan rings is 1. The fourth-order valence-corrected chi connectivity index (χ4v) is 3.93. The van der Waals surface area contributed by atoms with E-state index in [0.717, 1.165) is 10.9 Å². The van der Waals surface area contributed by atoms with Gasteiger partial charge in [-0.15, -0.1) is 0 Å². The molecule has 1 atom stereocenters. The molecule has 8 heteroatoms. The Morgan fingerprint density at radius 1 is 1.16 bits per heavy atom. The molecule has 2 amide bonds. The van der Waals surface area contributed by atoms with Crippen LogP contribution < -0.4 is 5.32 Å². The van der Waals surface area contributed by atoms with E-state index in [-0.39, 0.29) is 23.9 Å². The van der Waals surface area contributed by atoms with Gasteiger partial charge in [0, 0.05) is 37.3 Å². The minimum absolute atomic E-state index is 0.0886. The largest absolute Gasteiger partial charge is 0.451 e. The number of aromatic nitrogens is 2. The lowest BCUT2D eigenvalue weighted by atomic mass is 9.95. The van der Waals surface area contributed by atoms with Crippen LogP contribution in [0.4, 0.5) is 10.1 Å². The van der Waals surface area contributed by atoms with Gasteiger partial charge in [0.2, 0.25) is 5.91 Å². The summed E-state index contributed by atoms with van der Waals surface area (Å²) < 4.78 is 21.4. The summed E-state index contributed by atoms with van der Waals surface area (Å²) in [5.41, 5.74) is 2.07. The number of hydrogen-bond donors (Lipinski definition) is 1. The van der Waals surface area contributed by atoms with Crippen LogP contribution in [0.5, 0.6) is 0 Å². The van der Waals surface area contributed by atoms with Gasteiger partial charge in [-0.25, -0.2) is 4.39 Å². The van der Waals surface area contributed by atoms with Crippen LogP contribution in [0.15, 0.2) is 65.2 Å². The molecule has 0 spiro atoms. The number of fused-ring (bicyclic) bond motifs is 2. The van der Waals surface area contributed by atoms with Crippen LogP contribution in [0.2, 0.25) is 0 Å². The van der Waals surface area contributed by atoms with Gasteiger partial charge in [-0.3, -0.25) is 14.3 Å². The monoisotopic (exact) mass is 418 g/mol. The SMILES string of the molecule is Cn1cc2c(n1)[C@H](C(=O)Nc1ccccc1F)CN(C(=O)c1cc3ccccc3o1)C2. The molecule has 0 radical (unpaired) electrons. The third kappa shape index (κ3) is 3.46. The van der Waals surface area contributed by atoms with E-state index in [1.165, 1.54) is 12.1 Å². The van der Waals surface area contributed by atoms with Crippen LogP contribution in [0.1, 0.15) is 27.7 Å². The van der Waals surface area contributed by atoms with E-state index in [2.05, 4.69) is 10.4 Å². The van der Waals surface area contributed by atoms with E-state index in [4.69, 9.17) is 4.42 Å². The first-order valence-corrected chi connectivity index (χ1v) is 9.85. The molecule has 31 heavy (non-hydrogen) atoms. The number of carbonyl (C=O) groups is 2. The summed E-state index contributed by atoms with van der Waals surface area (Å²) in [7, 11) is 1.76. The summed E-state index contributed by atoms with van der Waals surface area (Å²) in [6.45, 7) is 0.419. The molecular weight excluding hydrogens is 399 g/mol. The van der Waals surface area contributed by atoms with E-state index >= 15 is 0 Å². The maximum absolute atomic E-state index is 14.0. The van der Waals surface area contributed by atoms with Crippen molar-refractivity contribution in [2.75, 3.05) is 11.9 Å². The highest BCUT2D eigenvalue weighted by atomic mass is 19.1. The number of nitrogens with one attached hydrogen (secondary N) is 1. The van der Waals surface area contributed by atoms with Crippen LogP contribution in [0.25, 0.3) is 11.0 Å². The van der Waals surface area contributed by atoms with Gasteiger partial charge >= 0.3 is 0 Å². The quantitative estimate of drug-likeness (QED) is 0.550. The average Bonchev–Trinajstić information content (AvgIpc) is 3.36. The molecule has 2 aromatic heterocycles. The first kappa shape index (κ1) is 19.0. The lowest BCUT2D eigenvalue weighted by molar-refractivity contribution is -0.118. The van der Waals surface area contributed by atoms with Gasteiger partial charge in [-0.2, -0.15) is 5.10 Å². The molecule has 1 N–H and O–H groups in total. The van der Waals surface area contributed by atoms with Gasteiger partial charge in [0.25, 0.3) is 5.91 Å². The molecule has 0 aliphatic carbocycles. The Labute approximate surface area is 177 Å². The molecule has 1 aliphatic rings. The third-order valence-corrected chi connectivity index (χ3v) is 5.40. The van der Waals surface area contributed by atoms with E-state index in [9.17, 15) is 14.0 Å². The summed E-state index contributed by atoms with van der Waals surface area (Å²) in [6, 6.07) is 15.0. The second-order valence-electron chi connectivity index (χ2n) is 7.57.